The van der Waals surface area contributed by atoms with Crippen LogP contribution in [0.5, 0.6) is 0 Å². The summed E-state index contributed by atoms with van der Waals surface area (Å²) in [5.74, 6) is -0.331. The van der Waals surface area contributed by atoms with E-state index in [0.717, 1.165) is 17.8 Å². The van der Waals surface area contributed by atoms with Crippen molar-refractivity contribution in [3.8, 4) is 5.69 Å². The summed E-state index contributed by atoms with van der Waals surface area (Å²) >= 11 is 2.76. The number of thioether (sulfide) groups is 2. The molecule has 0 saturated heterocycles. The molecule has 1 aromatic carbocycles. The number of fused-ring (bicyclic) bond motifs is 1. The van der Waals surface area contributed by atoms with Crippen LogP contribution in [-0.2, 0) is 11.2 Å². The monoisotopic (exact) mass is 333 g/mol. The second-order valence-electron chi connectivity index (χ2n) is 5.03. The summed E-state index contributed by atoms with van der Waals surface area (Å²) in [4.78, 5) is 29.2. The zero-order valence-corrected chi connectivity index (χ0v) is 13.6. The van der Waals surface area contributed by atoms with Crippen LogP contribution in [0, 0.1) is 0 Å². The van der Waals surface area contributed by atoms with Crippen molar-refractivity contribution >= 4 is 29.4 Å². The maximum Gasteiger partial charge on any atom is 0.272 e. The van der Waals surface area contributed by atoms with Crippen LogP contribution in [-0.4, -0.2) is 26.5 Å². The number of benzene rings is 1. The van der Waals surface area contributed by atoms with Gasteiger partial charge in [0.05, 0.1) is 22.0 Å². The van der Waals surface area contributed by atoms with E-state index in [-0.39, 0.29) is 11.3 Å². The minimum absolute atomic E-state index is 0.0717. The Morgan fingerprint density at radius 3 is 2.86 bits per heavy atom. The molecule has 0 radical (unpaired) electrons. The number of primary amides is 1. The molecule has 1 aliphatic heterocycles. The van der Waals surface area contributed by atoms with Crippen molar-refractivity contribution in [1.82, 2.24) is 9.55 Å². The van der Waals surface area contributed by atoms with Crippen LogP contribution < -0.4 is 11.3 Å². The molecule has 1 aliphatic rings. The molecule has 1 aromatic heterocycles. The third kappa shape index (κ3) is 2.91. The first-order valence-corrected chi connectivity index (χ1v) is 8.72. The first-order valence-electron chi connectivity index (χ1n) is 6.85. The first kappa shape index (κ1) is 15.2. The molecule has 7 heteroatoms. The maximum atomic E-state index is 12.8. The number of nitrogens with zero attached hydrogens (tertiary/aromatic N) is 2. The summed E-state index contributed by atoms with van der Waals surface area (Å²) in [5, 5.41) is 0.860. The largest absolute Gasteiger partial charge is 0.369 e. The maximum absolute atomic E-state index is 12.8. The molecular weight excluding hydrogens is 318 g/mol. The van der Waals surface area contributed by atoms with Gasteiger partial charge in [-0.05, 0) is 12.1 Å². The van der Waals surface area contributed by atoms with Gasteiger partial charge >= 0.3 is 0 Å². The van der Waals surface area contributed by atoms with Crippen molar-refractivity contribution in [3.63, 3.8) is 0 Å². The molecule has 0 bridgehead atoms. The molecule has 1 amide bonds. The highest BCUT2D eigenvalue weighted by Crippen LogP contribution is 2.34. The SMILES string of the molecule is C[C@H]1Cc2nc(SCC(N)=O)n(-c3ccccc3)c(=O)c2S1. The van der Waals surface area contributed by atoms with Crippen molar-refractivity contribution in [3.05, 3.63) is 46.4 Å². The lowest BCUT2D eigenvalue weighted by atomic mass is 10.2. The van der Waals surface area contributed by atoms with Crippen LogP contribution in [0.1, 0.15) is 12.6 Å². The molecule has 0 fully saturated rings. The van der Waals surface area contributed by atoms with Crippen molar-refractivity contribution in [2.75, 3.05) is 5.75 Å². The van der Waals surface area contributed by atoms with Crippen LogP contribution in [0.15, 0.2) is 45.2 Å². The molecule has 0 aliphatic carbocycles. The number of aromatic nitrogens is 2. The summed E-state index contributed by atoms with van der Waals surface area (Å²) in [7, 11) is 0. The van der Waals surface area contributed by atoms with E-state index in [1.807, 2.05) is 30.3 Å². The Morgan fingerprint density at radius 2 is 2.18 bits per heavy atom. The van der Waals surface area contributed by atoms with Crippen molar-refractivity contribution < 1.29 is 4.79 Å². The number of nitrogens with two attached hydrogens (primary N) is 1. The lowest BCUT2D eigenvalue weighted by Gasteiger charge is -2.13. The highest BCUT2D eigenvalue weighted by atomic mass is 32.2. The Bertz CT molecular complexity index is 774. The number of hydrogen-bond donors (Lipinski definition) is 1. The fraction of sp³-hybridized carbons (Fsp3) is 0.267. The number of para-hydroxylation sites is 1. The van der Waals surface area contributed by atoms with Gasteiger partial charge in [-0.15, -0.1) is 11.8 Å². The molecule has 22 heavy (non-hydrogen) atoms. The number of hydrogen-bond acceptors (Lipinski definition) is 5. The molecule has 114 valence electrons. The second-order valence-corrected chi connectivity index (χ2v) is 7.43. The van der Waals surface area contributed by atoms with E-state index >= 15 is 0 Å². The first-order chi connectivity index (χ1) is 10.6. The van der Waals surface area contributed by atoms with Crippen molar-refractivity contribution in [2.24, 2.45) is 5.73 Å². The minimum atomic E-state index is -0.429. The number of carbonyl (C=O) groups is 1. The van der Waals surface area contributed by atoms with Gasteiger partial charge in [-0.25, -0.2) is 4.98 Å². The van der Waals surface area contributed by atoms with Crippen LogP contribution >= 0.6 is 23.5 Å². The highest BCUT2D eigenvalue weighted by Gasteiger charge is 2.26. The molecule has 2 heterocycles. The molecule has 0 unspecified atom stereocenters. The van der Waals surface area contributed by atoms with E-state index in [0.29, 0.717) is 15.3 Å². The second kappa shape index (κ2) is 6.18. The Kier molecular flexibility index (Phi) is 4.26. The average molecular weight is 333 g/mol. The molecule has 2 N–H and O–H groups in total. The summed E-state index contributed by atoms with van der Waals surface area (Å²) in [6, 6.07) is 9.34. The molecule has 3 rings (SSSR count). The number of rotatable bonds is 4. The Balaban J connectivity index is 2.15. The fourth-order valence-corrected chi connectivity index (χ4v) is 4.20. The lowest BCUT2D eigenvalue weighted by Crippen LogP contribution is -2.24. The van der Waals surface area contributed by atoms with E-state index in [1.165, 1.54) is 11.8 Å². The van der Waals surface area contributed by atoms with Crippen molar-refractivity contribution in [1.29, 1.82) is 0 Å². The summed E-state index contributed by atoms with van der Waals surface area (Å²) < 4.78 is 1.57. The highest BCUT2D eigenvalue weighted by molar-refractivity contribution is 8.00. The van der Waals surface area contributed by atoms with Gasteiger partial charge in [0.15, 0.2) is 5.16 Å². The van der Waals surface area contributed by atoms with Crippen molar-refractivity contribution in [2.45, 2.75) is 28.6 Å². The molecular formula is C15H15N3O2S2. The normalized spacial score (nSPS) is 16.5. The zero-order valence-electron chi connectivity index (χ0n) is 12.0. The Hall–Kier alpha value is -1.73. The minimum Gasteiger partial charge on any atom is -0.369 e. The van der Waals surface area contributed by atoms with E-state index in [1.54, 1.807) is 16.3 Å². The number of carbonyl (C=O) groups excluding carboxylic acids is 1. The van der Waals surface area contributed by atoms with Gasteiger partial charge in [0.2, 0.25) is 5.91 Å². The van der Waals surface area contributed by atoms with Crippen LogP contribution in [0.4, 0.5) is 0 Å². The van der Waals surface area contributed by atoms with Crippen LogP contribution in [0.2, 0.25) is 0 Å². The smallest absolute Gasteiger partial charge is 0.272 e. The topological polar surface area (TPSA) is 78.0 Å². The quantitative estimate of drug-likeness (QED) is 0.682. The predicted octanol–water partition coefficient (Wildman–Crippen LogP) is 1.85. The summed E-state index contributed by atoms with van der Waals surface area (Å²) in [6.45, 7) is 2.08. The molecule has 2 aromatic rings. The Labute approximate surface area is 136 Å². The van der Waals surface area contributed by atoms with E-state index in [9.17, 15) is 9.59 Å². The standard InChI is InChI=1S/C15H15N3O2S2/c1-9-7-11-13(22-9)14(20)18(10-5-3-2-4-6-10)15(17-11)21-8-12(16)19/h2-6,9H,7-8H2,1H3,(H2,16,19)/t9-/m0/s1. The third-order valence-corrected chi connectivity index (χ3v) is 5.41. The van der Waals surface area contributed by atoms with Gasteiger partial charge in [-0.3, -0.25) is 14.2 Å². The zero-order chi connectivity index (χ0) is 15.7. The molecule has 0 saturated carbocycles. The molecule has 1 atom stereocenters. The number of amides is 1. The summed E-state index contributed by atoms with van der Waals surface area (Å²) in [5.41, 5.74) is 6.72. The van der Waals surface area contributed by atoms with E-state index in [2.05, 4.69) is 11.9 Å². The fourth-order valence-electron chi connectivity index (χ4n) is 2.34. The Morgan fingerprint density at radius 1 is 1.45 bits per heavy atom. The van der Waals surface area contributed by atoms with E-state index in [4.69, 9.17) is 5.73 Å². The lowest BCUT2D eigenvalue weighted by molar-refractivity contribution is -0.115. The van der Waals surface area contributed by atoms with Gasteiger partial charge in [0, 0.05) is 11.7 Å². The van der Waals surface area contributed by atoms with Gasteiger partial charge in [0.1, 0.15) is 0 Å². The van der Waals surface area contributed by atoms with Gasteiger partial charge < -0.3 is 5.73 Å². The third-order valence-electron chi connectivity index (χ3n) is 3.24. The molecule has 0 spiro atoms. The van der Waals surface area contributed by atoms with E-state index < -0.39 is 5.91 Å². The average Bonchev–Trinajstić information content (AvgIpc) is 2.87. The van der Waals surface area contributed by atoms with Crippen LogP contribution in [0.25, 0.3) is 5.69 Å². The van der Waals surface area contributed by atoms with Gasteiger partial charge in [0.25, 0.3) is 5.56 Å². The van der Waals surface area contributed by atoms with Gasteiger partial charge in [-0.1, -0.05) is 36.9 Å². The predicted molar refractivity (Wildman–Crippen MR) is 88.8 cm³/mol. The van der Waals surface area contributed by atoms with Gasteiger partial charge in [-0.2, -0.15) is 0 Å². The molecule has 5 nitrogen and oxygen atoms in total. The van der Waals surface area contributed by atoms with Crippen LogP contribution in [0.3, 0.4) is 0 Å². The summed E-state index contributed by atoms with van der Waals surface area (Å²) in [6.07, 6.45) is 0.773.